The number of carbonyl (C=O) groups is 2. The average molecular weight is 286 g/mol. The zero-order valence-corrected chi connectivity index (χ0v) is 11.9. The summed E-state index contributed by atoms with van der Waals surface area (Å²) in [5.41, 5.74) is 7.36. The predicted octanol–water partition coefficient (Wildman–Crippen LogP) is 0.286. The Morgan fingerprint density at radius 1 is 1.48 bits per heavy atom. The van der Waals surface area contributed by atoms with Gasteiger partial charge in [0.2, 0.25) is 5.91 Å². The van der Waals surface area contributed by atoms with Crippen molar-refractivity contribution in [2.24, 2.45) is 11.7 Å². The van der Waals surface area contributed by atoms with Gasteiger partial charge in [-0.15, -0.1) is 0 Å². The topological polar surface area (TPSA) is 83.6 Å². The summed E-state index contributed by atoms with van der Waals surface area (Å²) in [6, 6.07) is 5.40. The van der Waals surface area contributed by atoms with E-state index in [9.17, 15) is 9.59 Å². The quantitative estimate of drug-likeness (QED) is 0.766. The maximum absolute atomic E-state index is 12.6. The van der Waals surface area contributed by atoms with Crippen LogP contribution in [0.15, 0.2) is 18.2 Å². The van der Waals surface area contributed by atoms with E-state index in [1.54, 1.807) is 11.0 Å². The van der Waals surface area contributed by atoms with Crippen molar-refractivity contribution in [2.45, 2.75) is 13.3 Å². The highest BCUT2D eigenvalue weighted by atomic mass is 16.2. The molecule has 2 rings (SSSR count). The molecule has 0 radical (unpaired) electrons. The van der Waals surface area contributed by atoms with E-state index in [0.717, 1.165) is 5.56 Å². The van der Waals surface area contributed by atoms with Gasteiger partial charge in [0.1, 0.15) is 6.61 Å². The summed E-state index contributed by atoms with van der Waals surface area (Å²) in [5.74, 6) is 4.58. The van der Waals surface area contributed by atoms with Gasteiger partial charge >= 0.3 is 0 Å². The van der Waals surface area contributed by atoms with Gasteiger partial charge in [-0.05, 0) is 31.0 Å². The molecule has 21 heavy (non-hydrogen) atoms. The molecule has 1 aliphatic rings. The molecule has 1 heterocycles. The van der Waals surface area contributed by atoms with Crippen molar-refractivity contribution >= 4 is 11.8 Å². The fourth-order valence-corrected chi connectivity index (χ4v) is 2.43. The van der Waals surface area contributed by atoms with E-state index in [0.29, 0.717) is 30.6 Å². The summed E-state index contributed by atoms with van der Waals surface area (Å²) < 4.78 is 0. The fraction of sp³-hybridized carbons (Fsp3) is 0.375. The van der Waals surface area contributed by atoms with E-state index >= 15 is 0 Å². The Balaban J connectivity index is 2.25. The number of benzene rings is 1. The van der Waals surface area contributed by atoms with Crippen molar-refractivity contribution < 1.29 is 14.7 Å². The SMILES string of the molecule is Cc1ccc(C(=O)N2CCC(C(N)=O)C2)c(C#CCO)c1. The van der Waals surface area contributed by atoms with Gasteiger partial charge in [-0.3, -0.25) is 9.59 Å². The molecular formula is C16H18N2O3. The van der Waals surface area contributed by atoms with Gasteiger partial charge in [-0.25, -0.2) is 0 Å². The number of rotatable bonds is 2. The molecule has 1 aromatic carbocycles. The number of aryl methyl sites for hydroxylation is 1. The number of hydrogen-bond donors (Lipinski definition) is 2. The molecule has 0 spiro atoms. The number of aliphatic hydroxyl groups excluding tert-OH is 1. The lowest BCUT2D eigenvalue weighted by molar-refractivity contribution is -0.121. The molecule has 3 N–H and O–H groups in total. The van der Waals surface area contributed by atoms with Crippen LogP contribution in [-0.2, 0) is 4.79 Å². The second-order valence-corrected chi connectivity index (χ2v) is 5.15. The van der Waals surface area contributed by atoms with Crippen LogP contribution in [0.5, 0.6) is 0 Å². The van der Waals surface area contributed by atoms with Crippen LogP contribution < -0.4 is 5.73 Å². The van der Waals surface area contributed by atoms with Gasteiger partial charge in [0, 0.05) is 18.7 Å². The van der Waals surface area contributed by atoms with Crippen molar-refractivity contribution in [1.82, 2.24) is 4.90 Å². The predicted molar refractivity (Wildman–Crippen MR) is 78.3 cm³/mol. The number of hydrogen-bond acceptors (Lipinski definition) is 3. The molecular weight excluding hydrogens is 268 g/mol. The van der Waals surface area contributed by atoms with Crippen LogP contribution in [0.2, 0.25) is 0 Å². The van der Waals surface area contributed by atoms with Crippen LogP contribution in [-0.4, -0.2) is 41.5 Å². The Kier molecular flexibility index (Phi) is 4.61. The van der Waals surface area contributed by atoms with Gasteiger partial charge in [-0.2, -0.15) is 0 Å². The van der Waals surface area contributed by atoms with E-state index in [-0.39, 0.29) is 24.3 Å². The summed E-state index contributed by atoms with van der Waals surface area (Å²) in [6.07, 6.45) is 0.602. The first-order valence-electron chi connectivity index (χ1n) is 6.82. The second-order valence-electron chi connectivity index (χ2n) is 5.15. The van der Waals surface area contributed by atoms with E-state index in [4.69, 9.17) is 10.8 Å². The van der Waals surface area contributed by atoms with Gasteiger partial charge in [0.15, 0.2) is 0 Å². The van der Waals surface area contributed by atoms with E-state index in [1.807, 2.05) is 19.1 Å². The summed E-state index contributed by atoms with van der Waals surface area (Å²) in [6.45, 7) is 2.54. The maximum Gasteiger partial charge on any atom is 0.255 e. The lowest BCUT2D eigenvalue weighted by Gasteiger charge is -2.17. The Bertz CT molecular complexity index is 628. The van der Waals surface area contributed by atoms with Crippen molar-refractivity contribution in [3.8, 4) is 11.8 Å². The Morgan fingerprint density at radius 3 is 2.86 bits per heavy atom. The maximum atomic E-state index is 12.6. The van der Waals surface area contributed by atoms with E-state index in [2.05, 4.69) is 11.8 Å². The Labute approximate surface area is 123 Å². The molecule has 1 fully saturated rings. The molecule has 0 bridgehead atoms. The first kappa shape index (κ1) is 15.1. The smallest absolute Gasteiger partial charge is 0.255 e. The summed E-state index contributed by atoms with van der Waals surface area (Å²) in [5, 5.41) is 8.81. The Morgan fingerprint density at radius 2 is 2.24 bits per heavy atom. The highest BCUT2D eigenvalue weighted by Gasteiger charge is 2.30. The van der Waals surface area contributed by atoms with Gasteiger partial charge in [0.25, 0.3) is 5.91 Å². The first-order valence-corrected chi connectivity index (χ1v) is 6.82. The van der Waals surface area contributed by atoms with E-state index in [1.165, 1.54) is 0 Å². The zero-order chi connectivity index (χ0) is 15.4. The number of aliphatic hydroxyl groups is 1. The number of primary amides is 1. The summed E-state index contributed by atoms with van der Waals surface area (Å²) >= 11 is 0. The minimum absolute atomic E-state index is 0.152. The fourth-order valence-electron chi connectivity index (χ4n) is 2.43. The molecule has 1 saturated heterocycles. The van der Waals surface area contributed by atoms with Crippen LogP contribution in [0.25, 0.3) is 0 Å². The van der Waals surface area contributed by atoms with Gasteiger partial charge < -0.3 is 15.7 Å². The third kappa shape index (κ3) is 3.41. The molecule has 5 nitrogen and oxygen atoms in total. The normalized spacial score (nSPS) is 17.2. The number of nitrogens with two attached hydrogens (primary N) is 1. The van der Waals surface area contributed by atoms with Crippen LogP contribution in [0, 0.1) is 24.7 Å². The second kappa shape index (κ2) is 6.42. The third-order valence-corrected chi connectivity index (χ3v) is 3.59. The zero-order valence-electron chi connectivity index (χ0n) is 11.9. The standard InChI is InChI=1S/C16H18N2O3/c1-11-4-5-14(12(9-11)3-2-8-19)16(21)18-7-6-13(10-18)15(17)20/h4-5,9,13,19H,6-8,10H2,1H3,(H2,17,20). The largest absolute Gasteiger partial charge is 0.384 e. The molecule has 2 amide bonds. The summed E-state index contributed by atoms with van der Waals surface area (Å²) in [7, 11) is 0. The number of likely N-dealkylation sites (tertiary alicyclic amines) is 1. The van der Waals surface area contributed by atoms with Crippen molar-refractivity contribution in [3.05, 3.63) is 34.9 Å². The molecule has 1 unspecified atom stereocenters. The molecule has 110 valence electrons. The molecule has 1 atom stereocenters. The van der Waals surface area contributed by atoms with Crippen LogP contribution >= 0.6 is 0 Å². The number of carbonyl (C=O) groups excluding carboxylic acids is 2. The molecule has 0 saturated carbocycles. The molecule has 0 aliphatic carbocycles. The summed E-state index contributed by atoms with van der Waals surface area (Å²) in [4.78, 5) is 25.4. The van der Waals surface area contributed by atoms with Crippen LogP contribution in [0.3, 0.4) is 0 Å². The lowest BCUT2D eigenvalue weighted by atomic mass is 10.0. The first-order chi connectivity index (χ1) is 10.0. The lowest BCUT2D eigenvalue weighted by Crippen LogP contribution is -2.32. The minimum atomic E-state index is -0.366. The number of nitrogens with zero attached hydrogens (tertiary/aromatic N) is 1. The minimum Gasteiger partial charge on any atom is -0.384 e. The van der Waals surface area contributed by atoms with E-state index < -0.39 is 0 Å². The van der Waals surface area contributed by atoms with Crippen LogP contribution in [0.4, 0.5) is 0 Å². The highest BCUT2D eigenvalue weighted by Crippen LogP contribution is 2.20. The van der Waals surface area contributed by atoms with Crippen molar-refractivity contribution in [3.63, 3.8) is 0 Å². The van der Waals surface area contributed by atoms with Gasteiger partial charge in [-0.1, -0.05) is 17.9 Å². The molecule has 5 heteroatoms. The van der Waals surface area contributed by atoms with Crippen LogP contribution in [0.1, 0.15) is 27.9 Å². The molecule has 0 aromatic heterocycles. The average Bonchev–Trinajstić information content (AvgIpc) is 2.94. The Hall–Kier alpha value is -2.32. The third-order valence-electron chi connectivity index (χ3n) is 3.59. The molecule has 1 aromatic rings. The highest BCUT2D eigenvalue weighted by molar-refractivity contribution is 5.97. The number of amides is 2. The van der Waals surface area contributed by atoms with Crippen molar-refractivity contribution in [2.75, 3.05) is 19.7 Å². The molecule has 1 aliphatic heterocycles. The monoisotopic (exact) mass is 286 g/mol. The van der Waals surface area contributed by atoms with Crippen molar-refractivity contribution in [1.29, 1.82) is 0 Å². The van der Waals surface area contributed by atoms with Gasteiger partial charge in [0.05, 0.1) is 11.5 Å².